The van der Waals surface area contributed by atoms with E-state index in [0.717, 1.165) is 19.3 Å². The van der Waals surface area contributed by atoms with E-state index in [4.69, 9.17) is 4.74 Å². The molecule has 0 bridgehead atoms. The Morgan fingerprint density at radius 1 is 1.23 bits per heavy atom. The molecule has 1 aliphatic rings. The lowest BCUT2D eigenvalue weighted by molar-refractivity contribution is -0.127. The Morgan fingerprint density at radius 2 is 2.00 bits per heavy atom. The number of carbonyl (C=O) groups excluding carboxylic acids is 2. The van der Waals surface area contributed by atoms with Gasteiger partial charge in [-0.2, -0.15) is 8.78 Å². The van der Waals surface area contributed by atoms with Crippen LogP contribution < -0.4 is 20.1 Å². The lowest BCUT2D eigenvalue weighted by Crippen LogP contribution is -2.43. The average molecular weight is 424 g/mol. The summed E-state index contributed by atoms with van der Waals surface area (Å²) < 4.78 is 34.8. The predicted molar refractivity (Wildman–Crippen MR) is 110 cm³/mol. The summed E-state index contributed by atoms with van der Waals surface area (Å²) in [5.74, 6) is -0.190. The van der Waals surface area contributed by atoms with Crippen LogP contribution in [-0.4, -0.2) is 37.1 Å². The molecule has 30 heavy (non-hydrogen) atoms. The van der Waals surface area contributed by atoms with E-state index in [0.29, 0.717) is 18.6 Å². The van der Waals surface area contributed by atoms with Gasteiger partial charge >= 0.3 is 6.61 Å². The van der Waals surface area contributed by atoms with Crippen molar-refractivity contribution >= 4 is 17.9 Å². The number of carbonyl (C=O) groups is 2. The van der Waals surface area contributed by atoms with Gasteiger partial charge in [0.2, 0.25) is 11.8 Å². The molecule has 0 saturated heterocycles. The number of hydrogen-bond acceptors (Lipinski definition) is 4. The second kappa shape index (κ2) is 11.5. The van der Waals surface area contributed by atoms with Crippen molar-refractivity contribution in [2.24, 2.45) is 5.92 Å². The molecule has 0 radical (unpaired) electrons. The Bertz CT molecular complexity index is 753. The Morgan fingerprint density at radius 3 is 2.67 bits per heavy atom. The van der Waals surface area contributed by atoms with Gasteiger partial charge in [0.25, 0.3) is 0 Å². The SMILES string of the molecule is CCOc1cc(/C=C/C(=O)NC2CCCC(C(=O)NC(C)C)C2)ccc1OC(F)F. The van der Waals surface area contributed by atoms with E-state index in [1.165, 1.54) is 18.2 Å². The van der Waals surface area contributed by atoms with Crippen LogP contribution >= 0.6 is 0 Å². The van der Waals surface area contributed by atoms with Crippen LogP contribution in [0.3, 0.4) is 0 Å². The number of nitrogens with one attached hydrogen (secondary N) is 2. The maximum absolute atomic E-state index is 12.5. The number of alkyl halides is 2. The maximum Gasteiger partial charge on any atom is 0.387 e. The summed E-state index contributed by atoms with van der Waals surface area (Å²) in [6.45, 7) is 2.93. The lowest BCUT2D eigenvalue weighted by atomic mass is 9.85. The van der Waals surface area contributed by atoms with E-state index in [1.54, 1.807) is 19.1 Å². The first kappa shape index (κ1) is 23.6. The third-order valence-corrected chi connectivity index (χ3v) is 4.73. The predicted octanol–water partition coefficient (Wildman–Crippen LogP) is 3.90. The molecule has 2 unspecified atom stereocenters. The summed E-state index contributed by atoms with van der Waals surface area (Å²) in [6.07, 6.45) is 6.12. The van der Waals surface area contributed by atoms with Gasteiger partial charge < -0.3 is 20.1 Å². The van der Waals surface area contributed by atoms with E-state index in [1.807, 2.05) is 13.8 Å². The first-order valence-electron chi connectivity index (χ1n) is 10.3. The minimum atomic E-state index is -2.95. The second-order valence-corrected chi connectivity index (χ2v) is 7.58. The molecule has 0 aliphatic heterocycles. The summed E-state index contributed by atoms with van der Waals surface area (Å²) in [5.41, 5.74) is 0.619. The van der Waals surface area contributed by atoms with Gasteiger partial charge in [-0.15, -0.1) is 0 Å². The lowest BCUT2D eigenvalue weighted by Gasteiger charge is -2.29. The van der Waals surface area contributed by atoms with Gasteiger partial charge in [0.1, 0.15) is 0 Å². The molecule has 1 aliphatic carbocycles. The third kappa shape index (κ3) is 7.65. The zero-order valence-electron chi connectivity index (χ0n) is 17.6. The van der Waals surface area contributed by atoms with Gasteiger partial charge in [0.15, 0.2) is 11.5 Å². The van der Waals surface area contributed by atoms with Crippen LogP contribution in [0.4, 0.5) is 8.78 Å². The first-order valence-corrected chi connectivity index (χ1v) is 10.3. The van der Waals surface area contributed by atoms with Gasteiger partial charge in [0, 0.05) is 24.1 Å². The first-order chi connectivity index (χ1) is 14.3. The Hall–Kier alpha value is -2.64. The van der Waals surface area contributed by atoms with E-state index in [9.17, 15) is 18.4 Å². The molecule has 1 saturated carbocycles. The molecule has 8 heteroatoms. The standard InChI is InChI=1S/C22H30F2N2O4/c1-4-29-19-12-15(8-10-18(19)30-22(23)24)9-11-20(27)26-17-7-5-6-16(13-17)21(28)25-14(2)3/h8-12,14,16-17,22H,4-7,13H2,1-3H3,(H,25,28)(H,26,27)/b11-9+. The third-order valence-electron chi connectivity index (χ3n) is 4.73. The summed E-state index contributed by atoms with van der Waals surface area (Å²) in [6, 6.07) is 4.52. The largest absolute Gasteiger partial charge is 0.490 e. The van der Waals surface area contributed by atoms with Crippen molar-refractivity contribution in [2.75, 3.05) is 6.61 Å². The molecule has 0 spiro atoms. The summed E-state index contributed by atoms with van der Waals surface area (Å²) in [7, 11) is 0. The number of rotatable bonds is 9. The topological polar surface area (TPSA) is 76.7 Å². The smallest absolute Gasteiger partial charge is 0.387 e. The maximum atomic E-state index is 12.5. The van der Waals surface area contributed by atoms with Crippen molar-refractivity contribution in [1.82, 2.24) is 10.6 Å². The quantitative estimate of drug-likeness (QED) is 0.590. The van der Waals surface area contributed by atoms with Crippen molar-refractivity contribution in [3.63, 3.8) is 0 Å². The molecule has 2 rings (SSSR count). The van der Waals surface area contributed by atoms with Crippen LogP contribution in [0.5, 0.6) is 11.5 Å². The molecule has 0 aromatic heterocycles. The second-order valence-electron chi connectivity index (χ2n) is 7.58. The molecular formula is C22H30F2N2O4. The van der Waals surface area contributed by atoms with Crippen molar-refractivity contribution in [1.29, 1.82) is 0 Å². The van der Waals surface area contributed by atoms with Crippen molar-refractivity contribution in [3.8, 4) is 11.5 Å². The fraction of sp³-hybridized carbons (Fsp3) is 0.545. The zero-order valence-corrected chi connectivity index (χ0v) is 17.6. The Labute approximate surface area is 176 Å². The van der Waals surface area contributed by atoms with Crippen LogP contribution in [0.2, 0.25) is 0 Å². The summed E-state index contributed by atoms with van der Waals surface area (Å²) in [4.78, 5) is 24.5. The highest BCUT2D eigenvalue weighted by Gasteiger charge is 2.28. The minimum absolute atomic E-state index is 0.0362. The molecular weight excluding hydrogens is 394 g/mol. The van der Waals surface area contributed by atoms with Crippen molar-refractivity contribution < 1.29 is 27.8 Å². The zero-order chi connectivity index (χ0) is 22.1. The molecule has 166 valence electrons. The van der Waals surface area contributed by atoms with Gasteiger partial charge in [-0.1, -0.05) is 12.5 Å². The van der Waals surface area contributed by atoms with Crippen LogP contribution in [0.25, 0.3) is 6.08 Å². The average Bonchev–Trinajstić information content (AvgIpc) is 2.67. The van der Waals surface area contributed by atoms with Crippen molar-refractivity contribution in [2.45, 2.75) is 65.1 Å². The van der Waals surface area contributed by atoms with Gasteiger partial charge in [-0.05, 0) is 63.8 Å². The van der Waals surface area contributed by atoms with Gasteiger partial charge in [0.05, 0.1) is 6.61 Å². The van der Waals surface area contributed by atoms with E-state index >= 15 is 0 Å². The normalized spacial score (nSPS) is 19.2. The Balaban J connectivity index is 1.95. The highest BCUT2D eigenvalue weighted by Crippen LogP contribution is 2.30. The Kier molecular flexibility index (Phi) is 9.08. The van der Waals surface area contributed by atoms with E-state index in [-0.39, 0.29) is 41.3 Å². The van der Waals surface area contributed by atoms with Crippen LogP contribution in [0.15, 0.2) is 24.3 Å². The molecule has 1 aromatic rings. The summed E-state index contributed by atoms with van der Waals surface area (Å²) >= 11 is 0. The molecule has 1 aromatic carbocycles. The number of ether oxygens (including phenoxy) is 2. The molecule has 6 nitrogen and oxygen atoms in total. The number of benzene rings is 1. The summed E-state index contributed by atoms with van der Waals surface area (Å²) in [5, 5.41) is 5.87. The highest BCUT2D eigenvalue weighted by atomic mass is 19.3. The molecule has 2 amide bonds. The van der Waals surface area contributed by atoms with Gasteiger partial charge in [-0.25, -0.2) is 0 Å². The van der Waals surface area contributed by atoms with Crippen LogP contribution in [0, 0.1) is 5.92 Å². The molecule has 2 atom stereocenters. The molecule has 1 fully saturated rings. The highest BCUT2D eigenvalue weighted by molar-refractivity contribution is 5.92. The number of amides is 2. The van der Waals surface area contributed by atoms with Crippen LogP contribution in [-0.2, 0) is 9.59 Å². The molecule has 2 N–H and O–H groups in total. The molecule has 0 heterocycles. The van der Waals surface area contributed by atoms with Crippen LogP contribution in [0.1, 0.15) is 52.0 Å². The minimum Gasteiger partial charge on any atom is -0.490 e. The van der Waals surface area contributed by atoms with Crippen molar-refractivity contribution in [3.05, 3.63) is 29.8 Å². The number of halogens is 2. The van der Waals surface area contributed by atoms with Gasteiger partial charge in [-0.3, -0.25) is 9.59 Å². The fourth-order valence-corrected chi connectivity index (χ4v) is 3.47. The fourth-order valence-electron chi connectivity index (χ4n) is 3.47. The van der Waals surface area contributed by atoms with E-state index < -0.39 is 6.61 Å². The monoisotopic (exact) mass is 424 g/mol. The number of hydrogen-bond donors (Lipinski definition) is 2. The van der Waals surface area contributed by atoms with E-state index in [2.05, 4.69) is 15.4 Å².